The van der Waals surface area contributed by atoms with E-state index < -0.39 is 0 Å². The van der Waals surface area contributed by atoms with Crippen LogP contribution in [-0.4, -0.2) is 16.8 Å². The average molecular weight is 262 g/mol. The monoisotopic (exact) mass is 262 g/mol. The van der Waals surface area contributed by atoms with Crippen molar-refractivity contribution in [3.63, 3.8) is 0 Å². The van der Waals surface area contributed by atoms with E-state index >= 15 is 0 Å². The van der Waals surface area contributed by atoms with Gasteiger partial charge in [-0.25, -0.2) is 0 Å². The number of anilines is 1. The van der Waals surface area contributed by atoms with Crippen LogP contribution in [0, 0.1) is 5.92 Å². The molecule has 0 saturated heterocycles. The maximum Gasteiger partial charge on any atom is 0.223 e. The van der Waals surface area contributed by atoms with Gasteiger partial charge in [0.2, 0.25) is 5.91 Å². The van der Waals surface area contributed by atoms with E-state index in [0.717, 1.165) is 17.7 Å². The number of hydrogen-bond donors (Lipinski definition) is 1. The Bertz CT molecular complexity index is 415. The standard InChI is InChI=1S/C16H26N2O/c1-5-13(4)9-16(19)18(12(2)3)11-14-7-6-8-15(17)10-14/h6-8,10,12-13H,5,9,11,17H2,1-4H3. The fourth-order valence-electron chi connectivity index (χ4n) is 2.01. The molecule has 0 aromatic heterocycles. The lowest BCUT2D eigenvalue weighted by molar-refractivity contribution is -0.134. The number of benzene rings is 1. The molecule has 1 aromatic carbocycles. The van der Waals surface area contributed by atoms with Gasteiger partial charge in [0.25, 0.3) is 0 Å². The largest absolute Gasteiger partial charge is 0.399 e. The second-order valence-corrected chi connectivity index (χ2v) is 5.58. The molecule has 1 amide bonds. The summed E-state index contributed by atoms with van der Waals surface area (Å²) in [6.07, 6.45) is 1.66. The normalized spacial score (nSPS) is 12.5. The van der Waals surface area contributed by atoms with E-state index in [4.69, 9.17) is 5.73 Å². The van der Waals surface area contributed by atoms with Crippen molar-refractivity contribution in [3.8, 4) is 0 Å². The van der Waals surface area contributed by atoms with Crippen LogP contribution in [-0.2, 0) is 11.3 Å². The summed E-state index contributed by atoms with van der Waals surface area (Å²) in [7, 11) is 0. The minimum absolute atomic E-state index is 0.206. The quantitative estimate of drug-likeness (QED) is 0.798. The van der Waals surface area contributed by atoms with Gasteiger partial charge in [0.1, 0.15) is 0 Å². The molecule has 106 valence electrons. The second-order valence-electron chi connectivity index (χ2n) is 5.58. The van der Waals surface area contributed by atoms with Gasteiger partial charge < -0.3 is 10.6 Å². The number of carbonyl (C=O) groups is 1. The molecule has 0 aliphatic rings. The molecule has 0 radical (unpaired) electrons. The van der Waals surface area contributed by atoms with Crippen LogP contribution < -0.4 is 5.73 Å². The first kappa shape index (κ1) is 15.5. The first-order valence-electron chi connectivity index (χ1n) is 7.07. The maximum absolute atomic E-state index is 12.3. The summed E-state index contributed by atoms with van der Waals surface area (Å²) < 4.78 is 0. The Morgan fingerprint density at radius 3 is 2.53 bits per heavy atom. The Morgan fingerprint density at radius 2 is 2.00 bits per heavy atom. The van der Waals surface area contributed by atoms with Crippen molar-refractivity contribution in [2.45, 2.75) is 53.1 Å². The number of nitrogen functional groups attached to an aromatic ring is 1. The van der Waals surface area contributed by atoms with Gasteiger partial charge in [0, 0.05) is 24.7 Å². The highest BCUT2D eigenvalue weighted by atomic mass is 16.2. The Kier molecular flexibility index (Phi) is 5.87. The van der Waals surface area contributed by atoms with E-state index in [1.165, 1.54) is 0 Å². The topological polar surface area (TPSA) is 46.3 Å². The summed E-state index contributed by atoms with van der Waals surface area (Å²) in [5.74, 6) is 0.668. The number of hydrogen-bond acceptors (Lipinski definition) is 2. The molecule has 0 fully saturated rings. The van der Waals surface area contributed by atoms with E-state index in [0.29, 0.717) is 18.9 Å². The van der Waals surface area contributed by atoms with Crippen molar-refractivity contribution >= 4 is 11.6 Å². The van der Waals surface area contributed by atoms with E-state index in [2.05, 4.69) is 27.7 Å². The van der Waals surface area contributed by atoms with Crippen LogP contribution in [0.3, 0.4) is 0 Å². The van der Waals surface area contributed by atoms with Crippen molar-refractivity contribution in [2.24, 2.45) is 5.92 Å². The predicted octanol–water partition coefficient (Wildman–Crippen LogP) is 3.44. The SMILES string of the molecule is CCC(C)CC(=O)N(Cc1cccc(N)c1)C(C)C. The lowest BCUT2D eigenvalue weighted by Gasteiger charge is -2.28. The Balaban J connectivity index is 2.75. The number of rotatable bonds is 6. The van der Waals surface area contributed by atoms with Crippen LogP contribution in [0.15, 0.2) is 24.3 Å². The van der Waals surface area contributed by atoms with Crippen LogP contribution in [0.4, 0.5) is 5.69 Å². The number of nitrogens with zero attached hydrogens (tertiary/aromatic N) is 1. The third kappa shape index (κ3) is 4.93. The summed E-state index contributed by atoms with van der Waals surface area (Å²) in [6, 6.07) is 7.96. The predicted molar refractivity (Wildman–Crippen MR) is 80.6 cm³/mol. The minimum atomic E-state index is 0.206. The molecule has 1 rings (SSSR count). The molecule has 0 bridgehead atoms. The molecular formula is C16H26N2O. The highest BCUT2D eigenvalue weighted by molar-refractivity contribution is 5.76. The molecule has 3 nitrogen and oxygen atoms in total. The van der Waals surface area contributed by atoms with Crippen LogP contribution >= 0.6 is 0 Å². The second kappa shape index (κ2) is 7.17. The maximum atomic E-state index is 12.3. The van der Waals surface area contributed by atoms with E-state index in [1.807, 2.05) is 29.2 Å². The molecule has 3 heteroatoms. The van der Waals surface area contributed by atoms with Gasteiger partial charge in [-0.2, -0.15) is 0 Å². The Labute approximate surface area is 116 Å². The van der Waals surface area contributed by atoms with E-state index in [9.17, 15) is 4.79 Å². The molecule has 0 spiro atoms. The van der Waals surface area contributed by atoms with Gasteiger partial charge in [0.05, 0.1) is 0 Å². The summed E-state index contributed by atoms with van der Waals surface area (Å²) in [5, 5.41) is 0. The summed E-state index contributed by atoms with van der Waals surface area (Å²) >= 11 is 0. The zero-order valence-corrected chi connectivity index (χ0v) is 12.5. The van der Waals surface area contributed by atoms with E-state index in [1.54, 1.807) is 0 Å². The number of carbonyl (C=O) groups excluding carboxylic acids is 1. The third-order valence-electron chi connectivity index (χ3n) is 3.47. The lowest BCUT2D eigenvalue weighted by Crippen LogP contribution is -2.37. The first-order valence-corrected chi connectivity index (χ1v) is 7.07. The molecule has 2 N–H and O–H groups in total. The van der Waals surface area contributed by atoms with Crippen LogP contribution in [0.2, 0.25) is 0 Å². The molecule has 0 aliphatic heterocycles. The van der Waals surface area contributed by atoms with Gasteiger partial charge in [-0.1, -0.05) is 32.4 Å². The van der Waals surface area contributed by atoms with Crippen molar-refractivity contribution in [3.05, 3.63) is 29.8 Å². The molecular weight excluding hydrogens is 236 g/mol. The molecule has 19 heavy (non-hydrogen) atoms. The Hall–Kier alpha value is -1.51. The van der Waals surface area contributed by atoms with Crippen LogP contribution in [0.5, 0.6) is 0 Å². The molecule has 0 aliphatic carbocycles. The fraction of sp³-hybridized carbons (Fsp3) is 0.562. The van der Waals surface area contributed by atoms with Gasteiger partial charge in [0.15, 0.2) is 0 Å². The molecule has 1 unspecified atom stereocenters. The number of nitrogens with two attached hydrogens (primary N) is 1. The van der Waals surface area contributed by atoms with Crippen molar-refractivity contribution in [1.29, 1.82) is 0 Å². The zero-order chi connectivity index (χ0) is 14.4. The first-order chi connectivity index (χ1) is 8.93. The zero-order valence-electron chi connectivity index (χ0n) is 12.5. The van der Waals surface area contributed by atoms with Gasteiger partial charge in [-0.3, -0.25) is 4.79 Å². The highest BCUT2D eigenvalue weighted by Crippen LogP contribution is 2.16. The van der Waals surface area contributed by atoms with Gasteiger partial charge >= 0.3 is 0 Å². The lowest BCUT2D eigenvalue weighted by atomic mass is 10.0. The summed E-state index contributed by atoms with van der Waals surface area (Å²) in [4.78, 5) is 14.3. The van der Waals surface area contributed by atoms with Gasteiger partial charge in [-0.15, -0.1) is 0 Å². The third-order valence-corrected chi connectivity index (χ3v) is 3.47. The fourth-order valence-corrected chi connectivity index (χ4v) is 2.01. The molecule has 0 heterocycles. The average Bonchev–Trinajstić information content (AvgIpc) is 2.35. The molecule has 1 atom stereocenters. The smallest absolute Gasteiger partial charge is 0.223 e. The van der Waals surface area contributed by atoms with Crippen LogP contribution in [0.1, 0.15) is 46.1 Å². The van der Waals surface area contributed by atoms with Crippen molar-refractivity contribution in [2.75, 3.05) is 5.73 Å². The summed E-state index contributed by atoms with van der Waals surface area (Å²) in [6.45, 7) is 8.99. The van der Waals surface area contributed by atoms with Crippen molar-refractivity contribution < 1.29 is 4.79 Å². The van der Waals surface area contributed by atoms with E-state index in [-0.39, 0.29) is 11.9 Å². The summed E-state index contributed by atoms with van der Waals surface area (Å²) in [5.41, 5.74) is 7.62. The van der Waals surface area contributed by atoms with Gasteiger partial charge in [-0.05, 0) is 37.5 Å². The minimum Gasteiger partial charge on any atom is -0.399 e. The van der Waals surface area contributed by atoms with Crippen molar-refractivity contribution in [1.82, 2.24) is 4.90 Å². The molecule has 1 aromatic rings. The Morgan fingerprint density at radius 1 is 1.32 bits per heavy atom. The molecule has 0 saturated carbocycles. The van der Waals surface area contributed by atoms with Crippen LogP contribution in [0.25, 0.3) is 0 Å². The number of amides is 1. The highest BCUT2D eigenvalue weighted by Gasteiger charge is 2.19.